The van der Waals surface area contributed by atoms with E-state index in [-0.39, 0.29) is 31.7 Å². The van der Waals surface area contributed by atoms with Crippen molar-refractivity contribution in [1.29, 1.82) is 0 Å². The number of unbranched alkanes of at least 4 members (excludes halogenated alkanes) is 1. The maximum Gasteiger partial charge on any atom is 0.256 e. The molecule has 0 spiro atoms. The average Bonchev–Trinajstić information content (AvgIpc) is 3.73. The summed E-state index contributed by atoms with van der Waals surface area (Å²) in [5, 5.41) is 5.44. The lowest BCUT2D eigenvalue weighted by atomic mass is 10.1. The highest BCUT2D eigenvalue weighted by Gasteiger charge is 2.40. The van der Waals surface area contributed by atoms with Crippen molar-refractivity contribution >= 4 is 36.9 Å². The molecular formula is C30H48N7O7P. The predicted octanol–water partition coefficient (Wildman–Crippen LogP) is 0.328. The van der Waals surface area contributed by atoms with Crippen molar-refractivity contribution in [2.24, 2.45) is 11.6 Å². The Morgan fingerprint density at radius 2 is 1.53 bits per heavy atom. The summed E-state index contributed by atoms with van der Waals surface area (Å²) < 4.78 is 13.8. The SMILES string of the molecule is CCCC[C@H](NC(=O)[C@@H]1CCCN1C(=O)CCP(=O)(O)C(Cc1ccccc1)NC(=O)[C@@H]1CCCN1C(=O)CCN)C(=O)NN. The lowest BCUT2D eigenvalue weighted by molar-refractivity contribution is -0.139. The highest BCUT2D eigenvalue weighted by Crippen LogP contribution is 2.47. The van der Waals surface area contributed by atoms with E-state index in [1.165, 1.54) is 9.80 Å². The molecule has 250 valence electrons. The zero-order valence-corrected chi connectivity index (χ0v) is 26.9. The molecule has 2 fully saturated rings. The molecular weight excluding hydrogens is 601 g/mol. The molecule has 0 bridgehead atoms. The van der Waals surface area contributed by atoms with Gasteiger partial charge in [0.05, 0.1) is 0 Å². The van der Waals surface area contributed by atoms with Crippen LogP contribution >= 0.6 is 7.37 Å². The molecule has 2 saturated heterocycles. The Bertz CT molecular complexity index is 1230. The number of carbonyl (C=O) groups excluding carboxylic acids is 5. The molecule has 1 aromatic carbocycles. The summed E-state index contributed by atoms with van der Waals surface area (Å²) >= 11 is 0. The van der Waals surface area contributed by atoms with Crippen LogP contribution in [0, 0.1) is 0 Å². The monoisotopic (exact) mass is 649 g/mol. The Balaban J connectivity index is 1.70. The Kier molecular flexibility index (Phi) is 14.0. The summed E-state index contributed by atoms with van der Waals surface area (Å²) in [4.78, 5) is 78.7. The fraction of sp³-hybridized carbons (Fsp3) is 0.633. The van der Waals surface area contributed by atoms with E-state index in [9.17, 15) is 33.4 Å². The van der Waals surface area contributed by atoms with Crippen molar-refractivity contribution in [3.63, 3.8) is 0 Å². The minimum atomic E-state index is -4.18. The van der Waals surface area contributed by atoms with Gasteiger partial charge in [-0.2, -0.15) is 0 Å². The summed E-state index contributed by atoms with van der Waals surface area (Å²) in [6.45, 7) is 2.82. The molecule has 8 N–H and O–H groups in total. The number of rotatable bonds is 16. The minimum absolute atomic E-state index is 0.0507. The van der Waals surface area contributed by atoms with E-state index in [4.69, 9.17) is 11.6 Å². The van der Waals surface area contributed by atoms with Gasteiger partial charge in [-0.3, -0.25) is 34.0 Å². The molecule has 5 amide bonds. The molecule has 2 heterocycles. The number of hydrazine groups is 1. The van der Waals surface area contributed by atoms with E-state index in [1.807, 2.05) is 13.0 Å². The molecule has 1 aromatic rings. The molecule has 2 unspecified atom stereocenters. The van der Waals surface area contributed by atoms with Gasteiger partial charge in [0.15, 0.2) is 0 Å². The first-order valence-electron chi connectivity index (χ1n) is 15.8. The largest absolute Gasteiger partial charge is 0.343 e. The molecule has 0 aliphatic carbocycles. The number of nitrogens with two attached hydrogens (primary N) is 2. The van der Waals surface area contributed by atoms with E-state index >= 15 is 0 Å². The van der Waals surface area contributed by atoms with Crippen molar-refractivity contribution in [2.45, 2.75) is 95.0 Å². The van der Waals surface area contributed by atoms with Crippen LogP contribution in [0.5, 0.6) is 0 Å². The van der Waals surface area contributed by atoms with Gasteiger partial charge in [-0.25, -0.2) is 5.84 Å². The fourth-order valence-electron chi connectivity index (χ4n) is 5.94. The lowest BCUT2D eigenvalue weighted by Crippen LogP contribution is -2.54. The molecule has 45 heavy (non-hydrogen) atoms. The number of hydrogen-bond donors (Lipinski definition) is 6. The normalized spacial score (nSPS) is 20.6. The van der Waals surface area contributed by atoms with E-state index < -0.39 is 61.1 Å². The molecule has 0 aromatic heterocycles. The molecule has 2 aliphatic heterocycles. The van der Waals surface area contributed by atoms with Crippen molar-refractivity contribution in [1.82, 2.24) is 25.9 Å². The molecule has 15 heteroatoms. The zero-order chi connectivity index (χ0) is 33.0. The maximum absolute atomic E-state index is 13.8. The summed E-state index contributed by atoms with van der Waals surface area (Å²) in [6, 6.07) is 6.53. The summed E-state index contributed by atoms with van der Waals surface area (Å²) in [5.41, 5.74) is 8.32. The standard InChI is InChI=1S/C30H48N7O7P/c1-2-3-11-22(28(40)35-32)33-29(41)23-12-7-18-37(23)27(39)15-19-45(43,44)25(20-21-9-5-4-6-10-21)34-30(42)24-13-8-17-36(24)26(38)14-16-31/h4-6,9-10,22-25H,2-3,7-8,11-20,31-32H2,1H3,(H,33,41)(H,34,42)(H,35,40)(H,43,44)/t22-,23-,24-,25?/m0/s1. The Morgan fingerprint density at radius 3 is 2.09 bits per heavy atom. The van der Waals surface area contributed by atoms with Gasteiger partial charge in [-0.15, -0.1) is 0 Å². The zero-order valence-electron chi connectivity index (χ0n) is 26.0. The van der Waals surface area contributed by atoms with Crippen LogP contribution in [0.1, 0.15) is 70.3 Å². The van der Waals surface area contributed by atoms with E-state index in [2.05, 4.69) is 16.1 Å². The number of likely N-dealkylation sites (tertiary alicyclic amines) is 2. The topological polar surface area (TPSA) is 217 Å². The number of carbonyl (C=O) groups is 5. The molecule has 0 radical (unpaired) electrons. The van der Waals surface area contributed by atoms with Crippen molar-refractivity contribution in [2.75, 3.05) is 25.8 Å². The van der Waals surface area contributed by atoms with Crippen LogP contribution in [0.25, 0.3) is 0 Å². The van der Waals surface area contributed by atoms with E-state index in [1.54, 1.807) is 24.3 Å². The smallest absolute Gasteiger partial charge is 0.256 e. The first-order valence-corrected chi connectivity index (χ1v) is 17.7. The van der Waals surface area contributed by atoms with Crippen molar-refractivity contribution in [3.8, 4) is 0 Å². The molecule has 3 rings (SSSR count). The van der Waals surface area contributed by atoms with Crippen molar-refractivity contribution < 1.29 is 33.4 Å². The van der Waals surface area contributed by atoms with Gasteiger partial charge in [-0.05, 0) is 37.7 Å². The number of amides is 5. The predicted molar refractivity (Wildman–Crippen MR) is 168 cm³/mol. The van der Waals surface area contributed by atoms with E-state index in [0.29, 0.717) is 51.6 Å². The first-order chi connectivity index (χ1) is 21.5. The van der Waals surface area contributed by atoms with E-state index in [0.717, 1.165) is 12.0 Å². The maximum atomic E-state index is 13.8. The number of benzene rings is 1. The van der Waals surface area contributed by atoms with Crippen LogP contribution in [0.2, 0.25) is 0 Å². The van der Waals surface area contributed by atoms with Gasteiger partial charge >= 0.3 is 0 Å². The van der Waals surface area contributed by atoms with Crippen LogP contribution in [-0.2, 0) is 35.0 Å². The average molecular weight is 650 g/mol. The van der Waals surface area contributed by atoms with Gasteiger partial charge in [0.2, 0.25) is 31.0 Å². The van der Waals surface area contributed by atoms with Gasteiger partial charge < -0.3 is 31.1 Å². The summed E-state index contributed by atoms with van der Waals surface area (Å²) in [5.74, 6) is 1.87. The Hall–Kier alpha value is -3.32. The second-order valence-corrected chi connectivity index (χ2v) is 14.3. The summed E-state index contributed by atoms with van der Waals surface area (Å²) in [7, 11) is -4.18. The lowest BCUT2D eigenvalue weighted by Gasteiger charge is -2.30. The third kappa shape index (κ3) is 10.1. The number of hydrogen-bond acceptors (Lipinski definition) is 8. The quantitative estimate of drug-likeness (QED) is 0.0628. The first kappa shape index (κ1) is 36.2. The second-order valence-electron chi connectivity index (χ2n) is 11.7. The Morgan fingerprint density at radius 1 is 0.956 bits per heavy atom. The molecule has 2 aliphatic rings. The minimum Gasteiger partial charge on any atom is -0.343 e. The van der Waals surface area contributed by atoms with Crippen molar-refractivity contribution in [3.05, 3.63) is 35.9 Å². The number of nitrogens with zero attached hydrogens (tertiary/aromatic N) is 2. The van der Waals surface area contributed by atoms with Crippen LogP contribution in [0.4, 0.5) is 0 Å². The van der Waals surface area contributed by atoms with Crippen LogP contribution in [-0.4, -0.2) is 93.9 Å². The summed E-state index contributed by atoms with van der Waals surface area (Å²) in [6.07, 6.45) is 3.36. The van der Waals surface area contributed by atoms with Gasteiger partial charge in [0.25, 0.3) is 5.91 Å². The highest BCUT2D eigenvalue weighted by molar-refractivity contribution is 7.58. The van der Waals surface area contributed by atoms with Crippen LogP contribution in [0.3, 0.4) is 0 Å². The fourth-order valence-corrected chi connectivity index (χ4v) is 7.58. The second kappa shape index (κ2) is 17.4. The molecule has 0 saturated carbocycles. The highest BCUT2D eigenvalue weighted by atomic mass is 31.2. The Labute approximate surface area is 264 Å². The van der Waals surface area contributed by atoms with Crippen LogP contribution in [0.15, 0.2) is 30.3 Å². The number of nitrogens with one attached hydrogen (secondary N) is 3. The third-order valence-electron chi connectivity index (χ3n) is 8.45. The van der Waals surface area contributed by atoms with Crippen LogP contribution < -0.4 is 27.6 Å². The van der Waals surface area contributed by atoms with Gasteiger partial charge in [0, 0.05) is 45.1 Å². The van der Waals surface area contributed by atoms with Gasteiger partial charge in [0.1, 0.15) is 23.9 Å². The third-order valence-corrected chi connectivity index (χ3v) is 10.6. The van der Waals surface area contributed by atoms with Gasteiger partial charge in [-0.1, -0.05) is 50.1 Å². The molecule has 5 atom stereocenters. The molecule has 14 nitrogen and oxygen atoms in total.